The Morgan fingerprint density at radius 3 is 2.91 bits per heavy atom. The number of aromatic amines is 1. The van der Waals surface area contributed by atoms with Crippen molar-refractivity contribution in [2.45, 2.75) is 75.9 Å². The fourth-order valence-electron chi connectivity index (χ4n) is 5.58. The number of aromatic nitrogens is 5. The third-order valence-electron chi connectivity index (χ3n) is 7.34. The lowest BCUT2D eigenvalue weighted by molar-refractivity contribution is -0.119. The van der Waals surface area contributed by atoms with Crippen molar-refractivity contribution in [3.63, 3.8) is 0 Å². The summed E-state index contributed by atoms with van der Waals surface area (Å²) < 4.78 is 0. The van der Waals surface area contributed by atoms with Gasteiger partial charge < -0.3 is 15.3 Å². The molecule has 1 saturated carbocycles. The summed E-state index contributed by atoms with van der Waals surface area (Å²) in [4.78, 5) is 29.0. The molecule has 9 nitrogen and oxygen atoms in total. The third-order valence-corrected chi connectivity index (χ3v) is 8.12. The van der Waals surface area contributed by atoms with Gasteiger partial charge in [0.15, 0.2) is 11.6 Å². The number of thiazole rings is 1. The number of hydrogen-bond acceptors (Lipinski definition) is 9. The molecular formula is C24H29N7O2S. The van der Waals surface area contributed by atoms with Crippen LogP contribution in [0.2, 0.25) is 0 Å². The summed E-state index contributed by atoms with van der Waals surface area (Å²) in [6.07, 6.45) is 9.41. The van der Waals surface area contributed by atoms with Crippen molar-refractivity contribution in [1.82, 2.24) is 25.1 Å². The third kappa shape index (κ3) is 4.09. The first-order chi connectivity index (χ1) is 16.7. The Morgan fingerprint density at radius 2 is 2.09 bits per heavy atom. The molecule has 0 amide bonds. The number of fused-ring (bicyclic) bond motifs is 1. The second-order valence-corrected chi connectivity index (χ2v) is 10.5. The van der Waals surface area contributed by atoms with Crippen LogP contribution in [0.5, 0.6) is 0 Å². The van der Waals surface area contributed by atoms with E-state index in [2.05, 4.69) is 26.6 Å². The van der Waals surface area contributed by atoms with E-state index in [0.717, 1.165) is 35.8 Å². The molecule has 34 heavy (non-hydrogen) atoms. The smallest absolute Gasteiger partial charge is 0.228 e. The Hall–Kier alpha value is -2.85. The molecule has 1 saturated heterocycles. The van der Waals surface area contributed by atoms with Crippen molar-refractivity contribution in [2.24, 2.45) is 0 Å². The van der Waals surface area contributed by atoms with E-state index in [0.29, 0.717) is 42.6 Å². The molecule has 178 valence electrons. The normalized spacial score (nSPS) is 22.4. The standard InChI is InChI=1S/C24H29N7O2S/c32-18-8-7-15-22(18)27-24(31-10-3-6-17(31)19(33)13-21-25-9-11-34-21)28-23(15)26-20-12-16(29-30-20)14-4-1-2-5-14/h9,11-12,14,17-18,32H,1-8,10,13H2,(H2,26,27,28,29,30). The van der Waals surface area contributed by atoms with Crippen LogP contribution in [0.25, 0.3) is 0 Å². The maximum atomic E-state index is 13.1. The lowest BCUT2D eigenvalue weighted by Gasteiger charge is -2.25. The van der Waals surface area contributed by atoms with Crippen LogP contribution in [0.1, 0.15) is 78.9 Å². The average Bonchev–Trinajstić information content (AvgIpc) is 3.65. The van der Waals surface area contributed by atoms with Crippen LogP contribution in [0.4, 0.5) is 17.6 Å². The molecule has 3 N–H and O–H groups in total. The van der Waals surface area contributed by atoms with E-state index in [-0.39, 0.29) is 11.8 Å². The van der Waals surface area contributed by atoms with Crippen molar-refractivity contribution < 1.29 is 9.90 Å². The molecule has 2 atom stereocenters. The summed E-state index contributed by atoms with van der Waals surface area (Å²) in [6.45, 7) is 0.719. The molecule has 2 aliphatic carbocycles. The van der Waals surface area contributed by atoms with Crippen LogP contribution in [0.15, 0.2) is 17.6 Å². The van der Waals surface area contributed by atoms with E-state index < -0.39 is 6.10 Å². The Kier molecular flexibility index (Phi) is 5.78. The molecule has 3 aromatic rings. The molecular weight excluding hydrogens is 450 g/mol. The maximum Gasteiger partial charge on any atom is 0.228 e. The van der Waals surface area contributed by atoms with Gasteiger partial charge in [0.05, 0.1) is 29.3 Å². The number of H-pyrrole nitrogens is 1. The average molecular weight is 480 g/mol. The first kappa shape index (κ1) is 21.7. The van der Waals surface area contributed by atoms with Gasteiger partial charge in [0.2, 0.25) is 5.95 Å². The van der Waals surface area contributed by atoms with Crippen LogP contribution >= 0.6 is 11.3 Å². The predicted octanol–water partition coefficient (Wildman–Crippen LogP) is 3.82. The zero-order valence-electron chi connectivity index (χ0n) is 19.0. The van der Waals surface area contributed by atoms with Crippen molar-refractivity contribution in [2.75, 3.05) is 16.8 Å². The summed E-state index contributed by atoms with van der Waals surface area (Å²) in [5, 5.41) is 24.4. The highest BCUT2D eigenvalue weighted by Gasteiger charge is 2.35. The van der Waals surface area contributed by atoms with Gasteiger partial charge in [-0.05, 0) is 38.5 Å². The number of Topliss-reactive ketones (excluding diaryl/α,β-unsaturated/α-hetero) is 1. The van der Waals surface area contributed by atoms with Crippen molar-refractivity contribution in [3.05, 3.63) is 39.6 Å². The minimum absolute atomic E-state index is 0.139. The number of carbonyl (C=O) groups is 1. The number of hydrogen-bond donors (Lipinski definition) is 3. The highest BCUT2D eigenvalue weighted by atomic mass is 32.1. The zero-order chi connectivity index (χ0) is 23.1. The van der Waals surface area contributed by atoms with Crippen LogP contribution in [-0.4, -0.2) is 48.6 Å². The van der Waals surface area contributed by atoms with Gasteiger partial charge in [-0.3, -0.25) is 9.89 Å². The summed E-state index contributed by atoms with van der Waals surface area (Å²) in [5.41, 5.74) is 2.77. The maximum absolute atomic E-state index is 13.1. The molecule has 0 bridgehead atoms. The van der Waals surface area contributed by atoms with Crippen LogP contribution in [-0.2, 0) is 17.6 Å². The van der Waals surface area contributed by atoms with E-state index in [1.165, 1.54) is 42.7 Å². The van der Waals surface area contributed by atoms with Gasteiger partial charge in [-0.25, -0.2) is 9.97 Å². The van der Waals surface area contributed by atoms with Crippen LogP contribution in [0, 0.1) is 0 Å². The van der Waals surface area contributed by atoms with E-state index in [1.807, 2.05) is 10.3 Å². The van der Waals surface area contributed by atoms with Gasteiger partial charge in [-0.2, -0.15) is 10.1 Å². The summed E-state index contributed by atoms with van der Waals surface area (Å²) >= 11 is 1.50. The SMILES string of the molecule is O=C(Cc1nccs1)C1CCCN1c1nc(Nc2cc(C3CCCC3)[nH]n2)c2c(n1)C(O)CC2. The van der Waals surface area contributed by atoms with Gasteiger partial charge in [0, 0.05) is 41.4 Å². The molecule has 3 aromatic heterocycles. The van der Waals surface area contributed by atoms with E-state index in [1.54, 1.807) is 6.20 Å². The molecule has 6 rings (SSSR count). The number of ketones is 1. The molecule has 0 aromatic carbocycles. The molecule has 0 radical (unpaired) electrons. The van der Waals surface area contributed by atoms with Crippen LogP contribution in [0.3, 0.4) is 0 Å². The first-order valence-electron chi connectivity index (χ1n) is 12.2. The van der Waals surface area contributed by atoms with Crippen molar-refractivity contribution in [1.29, 1.82) is 0 Å². The van der Waals surface area contributed by atoms with Crippen LogP contribution < -0.4 is 10.2 Å². The lowest BCUT2D eigenvalue weighted by atomic mass is 10.0. The highest BCUT2D eigenvalue weighted by Crippen LogP contribution is 2.38. The Morgan fingerprint density at radius 1 is 1.21 bits per heavy atom. The zero-order valence-corrected chi connectivity index (χ0v) is 19.9. The molecule has 3 aliphatic rings. The van der Waals surface area contributed by atoms with Gasteiger partial charge >= 0.3 is 0 Å². The van der Waals surface area contributed by atoms with E-state index in [4.69, 9.17) is 9.97 Å². The fourth-order valence-corrected chi connectivity index (χ4v) is 6.20. The minimum Gasteiger partial charge on any atom is -0.387 e. The Balaban J connectivity index is 1.28. The number of nitrogens with one attached hydrogen (secondary N) is 2. The van der Waals surface area contributed by atoms with Crippen molar-refractivity contribution in [3.8, 4) is 0 Å². The monoisotopic (exact) mass is 479 g/mol. The number of aliphatic hydroxyl groups excluding tert-OH is 1. The van der Waals surface area contributed by atoms with E-state index in [9.17, 15) is 9.90 Å². The number of rotatable bonds is 7. The van der Waals surface area contributed by atoms with Crippen molar-refractivity contribution >= 4 is 34.7 Å². The largest absolute Gasteiger partial charge is 0.387 e. The number of anilines is 3. The first-order valence-corrected chi connectivity index (χ1v) is 13.1. The fraction of sp³-hybridized carbons (Fsp3) is 0.542. The number of aliphatic hydroxyl groups is 1. The summed E-state index contributed by atoms with van der Waals surface area (Å²) in [6, 6.07) is 1.80. The molecule has 1 aliphatic heterocycles. The lowest BCUT2D eigenvalue weighted by Crippen LogP contribution is -2.38. The number of nitrogens with zero attached hydrogens (tertiary/aromatic N) is 5. The topological polar surface area (TPSA) is 120 Å². The van der Waals surface area contributed by atoms with Gasteiger partial charge in [0.25, 0.3) is 0 Å². The molecule has 0 spiro atoms. The Bertz CT molecular complexity index is 1170. The molecule has 4 heterocycles. The predicted molar refractivity (Wildman–Crippen MR) is 130 cm³/mol. The van der Waals surface area contributed by atoms with E-state index >= 15 is 0 Å². The number of carbonyl (C=O) groups excluding carboxylic acids is 1. The summed E-state index contributed by atoms with van der Waals surface area (Å²) in [7, 11) is 0. The van der Waals surface area contributed by atoms with Gasteiger partial charge in [-0.1, -0.05) is 12.8 Å². The highest BCUT2D eigenvalue weighted by molar-refractivity contribution is 7.09. The van der Waals surface area contributed by atoms with Gasteiger partial charge in [0.1, 0.15) is 5.82 Å². The van der Waals surface area contributed by atoms with Gasteiger partial charge in [-0.15, -0.1) is 11.3 Å². The molecule has 10 heteroatoms. The molecule has 2 unspecified atom stereocenters. The summed E-state index contributed by atoms with van der Waals surface area (Å²) in [5.74, 6) is 2.60. The molecule has 2 fully saturated rings. The Labute approximate surface area is 202 Å². The minimum atomic E-state index is -0.613. The quantitative estimate of drug-likeness (QED) is 0.468. The second-order valence-electron chi connectivity index (χ2n) is 9.53. The second kappa shape index (κ2) is 9.07.